The van der Waals surface area contributed by atoms with Gasteiger partial charge in [-0.05, 0) is 0 Å². The Morgan fingerprint density at radius 3 is 1.50 bits per heavy atom. The van der Waals surface area contributed by atoms with Crippen molar-refractivity contribution in [2.45, 2.75) is 0 Å². The molecule has 0 heterocycles. The average Bonchev–Trinajstić information content (AvgIpc) is 2.31. The Hall–Kier alpha value is -0.680. The van der Waals surface area contributed by atoms with E-state index in [1.165, 1.54) is 0 Å². The van der Waals surface area contributed by atoms with E-state index in [1.807, 2.05) is 0 Å². The number of hydrogen-bond acceptors (Lipinski definition) is 4. The maximum atomic E-state index is 5.06. The summed E-state index contributed by atoms with van der Waals surface area (Å²) in [7, 11) is 3.30. The topological polar surface area (TPSA) is 36.9 Å². The van der Waals surface area contributed by atoms with Crippen molar-refractivity contribution in [3.05, 3.63) is 25.3 Å². The van der Waals surface area contributed by atoms with Gasteiger partial charge in [0.15, 0.2) is 0 Å². The lowest BCUT2D eigenvalue weighted by atomic mass is 10.6. The van der Waals surface area contributed by atoms with Crippen molar-refractivity contribution in [2.75, 3.05) is 53.9 Å². The van der Waals surface area contributed by atoms with Gasteiger partial charge >= 0.3 is 0 Å². The summed E-state index contributed by atoms with van der Waals surface area (Å²) in [6.45, 7) is 10.8. The van der Waals surface area contributed by atoms with Crippen molar-refractivity contribution < 1.29 is 18.9 Å². The first-order chi connectivity index (χ1) is 7.83. The van der Waals surface area contributed by atoms with E-state index in [1.54, 1.807) is 26.4 Å². The molecule has 0 unspecified atom stereocenters. The van der Waals surface area contributed by atoms with Crippen LogP contribution in [0.15, 0.2) is 25.3 Å². The predicted molar refractivity (Wildman–Crippen MR) is 65.8 cm³/mol. The summed E-state index contributed by atoms with van der Waals surface area (Å²) in [5.41, 5.74) is 0. The zero-order valence-corrected chi connectivity index (χ0v) is 10.4. The summed E-state index contributed by atoms with van der Waals surface area (Å²) in [5, 5.41) is 0. The third-order valence-corrected chi connectivity index (χ3v) is 1.33. The van der Waals surface area contributed by atoms with Crippen LogP contribution in [-0.2, 0) is 18.9 Å². The molecule has 0 aliphatic rings. The Kier molecular flexibility index (Phi) is 21.9. The van der Waals surface area contributed by atoms with Gasteiger partial charge in [0.05, 0.1) is 39.6 Å². The standard InChI is InChI=1S/C6H14O3.C6H10O/c1-7-3-5-9-6-4-8-2;1-3-5-7-6-4-2/h3-6H2,1-2H3;3-4H,1-2,5-6H2. The lowest BCUT2D eigenvalue weighted by Gasteiger charge is -2.00. The molecule has 0 aromatic rings. The molecule has 0 spiro atoms. The van der Waals surface area contributed by atoms with Crippen LogP contribution in [0, 0.1) is 0 Å². The highest BCUT2D eigenvalue weighted by Gasteiger charge is 1.84. The van der Waals surface area contributed by atoms with Gasteiger partial charge in [0.1, 0.15) is 0 Å². The van der Waals surface area contributed by atoms with Crippen LogP contribution in [0.5, 0.6) is 0 Å². The van der Waals surface area contributed by atoms with Crippen molar-refractivity contribution in [3.8, 4) is 0 Å². The molecular formula is C12H24O4. The van der Waals surface area contributed by atoms with E-state index in [9.17, 15) is 0 Å². The SMILES string of the molecule is C=CCOCC=C.COCCOCCOC. The van der Waals surface area contributed by atoms with Crippen LogP contribution in [0.3, 0.4) is 0 Å². The molecule has 0 fully saturated rings. The second kappa shape index (κ2) is 19.8. The second-order valence-electron chi connectivity index (χ2n) is 2.71. The third-order valence-electron chi connectivity index (χ3n) is 1.33. The fourth-order valence-electron chi connectivity index (χ4n) is 0.621. The van der Waals surface area contributed by atoms with Gasteiger partial charge in [-0.3, -0.25) is 0 Å². The number of rotatable bonds is 10. The lowest BCUT2D eigenvalue weighted by Crippen LogP contribution is -2.06. The van der Waals surface area contributed by atoms with Gasteiger partial charge in [-0.25, -0.2) is 0 Å². The summed E-state index contributed by atoms with van der Waals surface area (Å²) >= 11 is 0. The monoisotopic (exact) mass is 232 g/mol. The third kappa shape index (κ3) is 23.3. The van der Waals surface area contributed by atoms with E-state index in [4.69, 9.17) is 18.9 Å². The smallest absolute Gasteiger partial charge is 0.0701 e. The van der Waals surface area contributed by atoms with Gasteiger partial charge in [0.2, 0.25) is 0 Å². The Labute approximate surface area is 98.8 Å². The fraction of sp³-hybridized carbons (Fsp3) is 0.667. The highest BCUT2D eigenvalue weighted by atomic mass is 16.5. The van der Waals surface area contributed by atoms with Gasteiger partial charge in [-0.15, -0.1) is 13.2 Å². The second-order valence-corrected chi connectivity index (χ2v) is 2.71. The normalized spacial score (nSPS) is 9.12. The van der Waals surface area contributed by atoms with Crippen LogP contribution in [0.4, 0.5) is 0 Å². The molecule has 4 nitrogen and oxygen atoms in total. The van der Waals surface area contributed by atoms with Crippen molar-refractivity contribution in [3.63, 3.8) is 0 Å². The Morgan fingerprint density at radius 2 is 1.19 bits per heavy atom. The van der Waals surface area contributed by atoms with Crippen molar-refractivity contribution in [2.24, 2.45) is 0 Å². The first-order valence-corrected chi connectivity index (χ1v) is 5.18. The molecular weight excluding hydrogens is 208 g/mol. The van der Waals surface area contributed by atoms with Crippen LogP contribution in [0.2, 0.25) is 0 Å². The molecule has 4 heteroatoms. The zero-order chi connectivity index (χ0) is 12.5. The predicted octanol–water partition coefficient (Wildman–Crippen LogP) is 1.67. The molecule has 0 bridgehead atoms. The van der Waals surface area contributed by atoms with Crippen LogP contribution in [0.25, 0.3) is 0 Å². The summed E-state index contributed by atoms with van der Waals surface area (Å²) < 4.78 is 19.5. The largest absolute Gasteiger partial charge is 0.382 e. The van der Waals surface area contributed by atoms with Crippen LogP contribution < -0.4 is 0 Å². The first kappa shape index (κ1) is 17.7. The van der Waals surface area contributed by atoms with E-state index in [2.05, 4.69) is 13.2 Å². The minimum Gasteiger partial charge on any atom is -0.382 e. The van der Waals surface area contributed by atoms with E-state index >= 15 is 0 Å². The molecule has 0 radical (unpaired) electrons. The Bertz CT molecular complexity index is 123. The van der Waals surface area contributed by atoms with E-state index in [0.29, 0.717) is 39.6 Å². The van der Waals surface area contributed by atoms with Crippen LogP contribution >= 0.6 is 0 Å². The van der Waals surface area contributed by atoms with E-state index in [-0.39, 0.29) is 0 Å². The summed E-state index contributed by atoms with van der Waals surface area (Å²) in [6.07, 6.45) is 3.42. The summed E-state index contributed by atoms with van der Waals surface area (Å²) in [5.74, 6) is 0. The molecule has 0 aliphatic heterocycles. The minimum atomic E-state index is 0.617. The Morgan fingerprint density at radius 1 is 0.750 bits per heavy atom. The number of hydrogen-bond donors (Lipinski definition) is 0. The quantitative estimate of drug-likeness (QED) is 0.424. The van der Waals surface area contributed by atoms with E-state index in [0.717, 1.165) is 0 Å². The van der Waals surface area contributed by atoms with Gasteiger partial charge in [-0.2, -0.15) is 0 Å². The van der Waals surface area contributed by atoms with Crippen molar-refractivity contribution >= 4 is 0 Å². The average molecular weight is 232 g/mol. The zero-order valence-electron chi connectivity index (χ0n) is 10.4. The lowest BCUT2D eigenvalue weighted by molar-refractivity contribution is 0.0385. The summed E-state index contributed by atoms with van der Waals surface area (Å²) in [6, 6.07) is 0. The first-order valence-electron chi connectivity index (χ1n) is 5.18. The molecule has 0 saturated carbocycles. The van der Waals surface area contributed by atoms with Crippen LogP contribution in [-0.4, -0.2) is 53.9 Å². The molecule has 0 atom stereocenters. The van der Waals surface area contributed by atoms with Crippen LogP contribution in [0.1, 0.15) is 0 Å². The maximum Gasteiger partial charge on any atom is 0.0701 e. The molecule has 0 N–H and O–H groups in total. The molecule has 96 valence electrons. The Balaban J connectivity index is 0. The molecule has 0 amide bonds. The van der Waals surface area contributed by atoms with Crippen molar-refractivity contribution in [1.29, 1.82) is 0 Å². The fourth-order valence-corrected chi connectivity index (χ4v) is 0.621. The van der Waals surface area contributed by atoms with Gasteiger partial charge in [0, 0.05) is 14.2 Å². The highest BCUT2D eigenvalue weighted by Crippen LogP contribution is 1.75. The van der Waals surface area contributed by atoms with Gasteiger partial charge in [0.25, 0.3) is 0 Å². The highest BCUT2D eigenvalue weighted by molar-refractivity contribution is 4.68. The molecule has 0 aromatic heterocycles. The minimum absolute atomic E-state index is 0.617. The van der Waals surface area contributed by atoms with Gasteiger partial charge in [-0.1, -0.05) is 12.2 Å². The number of methoxy groups -OCH3 is 2. The number of ether oxygens (including phenoxy) is 4. The molecule has 0 aliphatic carbocycles. The molecule has 16 heavy (non-hydrogen) atoms. The maximum absolute atomic E-state index is 5.06. The van der Waals surface area contributed by atoms with Gasteiger partial charge < -0.3 is 18.9 Å². The molecule has 0 aromatic carbocycles. The summed E-state index contributed by atoms with van der Waals surface area (Å²) in [4.78, 5) is 0. The molecule has 0 saturated heterocycles. The van der Waals surface area contributed by atoms with E-state index < -0.39 is 0 Å². The van der Waals surface area contributed by atoms with Crippen molar-refractivity contribution in [1.82, 2.24) is 0 Å². The molecule has 0 rings (SSSR count).